The van der Waals surface area contributed by atoms with Crippen molar-refractivity contribution in [2.24, 2.45) is 0 Å². The molecular formula is C21H30N6O. The monoisotopic (exact) mass is 382 g/mol. The van der Waals surface area contributed by atoms with E-state index in [-0.39, 0.29) is 0 Å². The molecule has 1 aromatic heterocycles. The number of morpholine rings is 1. The first-order valence-electron chi connectivity index (χ1n) is 10.3. The lowest BCUT2D eigenvalue weighted by atomic mass is 10.2. The summed E-state index contributed by atoms with van der Waals surface area (Å²) in [6, 6.07) is 10.6. The summed E-state index contributed by atoms with van der Waals surface area (Å²) in [4.78, 5) is 13.9. The first-order chi connectivity index (χ1) is 13.8. The lowest BCUT2D eigenvalue weighted by Crippen LogP contribution is -2.39. The Hall–Kier alpha value is -2.38. The van der Waals surface area contributed by atoms with Gasteiger partial charge in [-0.1, -0.05) is 0 Å². The van der Waals surface area contributed by atoms with Crippen molar-refractivity contribution in [3.63, 3.8) is 0 Å². The van der Waals surface area contributed by atoms with E-state index < -0.39 is 0 Å². The van der Waals surface area contributed by atoms with Crippen LogP contribution < -0.4 is 15.5 Å². The van der Waals surface area contributed by atoms with Gasteiger partial charge in [0.2, 0.25) is 0 Å². The van der Waals surface area contributed by atoms with Crippen molar-refractivity contribution < 1.29 is 4.74 Å². The number of aryl methyl sites for hydroxylation is 1. The number of anilines is 4. The SMILES string of the molecule is Cc1nc(NCCN2CCOCC2)cc(Nc2ccc(N3CCCC3)cc2)n1. The molecule has 4 rings (SSSR count). The number of aromatic nitrogens is 2. The molecule has 2 aliphatic heterocycles. The van der Waals surface area contributed by atoms with Crippen molar-refractivity contribution in [3.8, 4) is 0 Å². The second kappa shape index (κ2) is 9.21. The van der Waals surface area contributed by atoms with Crippen LogP contribution in [-0.2, 0) is 4.74 Å². The second-order valence-corrected chi connectivity index (χ2v) is 7.43. The molecule has 0 saturated carbocycles. The van der Waals surface area contributed by atoms with Crippen LogP contribution in [-0.4, -0.2) is 67.4 Å². The van der Waals surface area contributed by atoms with Crippen LogP contribution in [0.3, 0.4) is 0 Å². The van der Waals surface area contributed by atoms with Crippen LogP contribution in [0.15, 0.2) is 30.3 Å². The van der Waals surface area contributed by atoms with Crippen molar-refractivity contribution in [1.82, 2.24) is 14.9 Å². The average Bonchev–Trinajstić information content (AvgIpc) is 3.24. The zero-order chi connectivity index (χ0) is 19.2. The van der Waals surface area contributed by atoms with Gasteiger partial charge < -0.3 is 20.3 Å². The minimum atomic E-state index is 0.757. The van der Waals surface area contributed by atoms with Crippen molar-refractivity contribution in [1.29, 1.82) is 0 Å². The van der Waals surface area contributed by atoms with Gasteiger partial charge in [0.05, 0.1) is 13.2 Å². The molecule has 3 heterocycles. The highest BCUT2D eigenvalue weighted by atomic mass is 16.5. The number of ether oxygens (including phenoxy) is 1. The van der Waals surface area contributed by atoms with Gasteiger partial charge in [-0.25, -0.2) is 9.97 Å². The minimum absolute atomic E-state index is 0.757. The van der Waals surface area contributed by atoms with E-state index in [2.05, 4.69) is 54.7 Å². The van der Waals surface area contributed by atoms with Gasteiger partial charge >= 0.3 is 0 Å². The molecule has 0 radical (unpaired) electrons. The summed E-state index contributed by atoms with van der Waals surface area (Å²) >= 11 is 0. The van der Waals surface area contributed by atoms with Crippen LogP contribution in [0.2, 0.25) is 0 Å². The highest BCUT2D eigenvalue weighted by Crippen LogP contribution is 2.24. The van der Waals surface area contributed by atoms with E-state index in [1.54, 1.807) is 0 Å². The Morgan fingerprint density at radius 3 is 2.43 bits per heavy atom. The number of hydrogen-bond acceptors (Lipinski definition) is 7. The predicted molar refractivity (Wildman–Crippen MR) is 114 cm³/mol. The minimum Gasteiger partial charge on any atom is -0.379 e. The Bertz CT molecular complexity index is 754. The highest BCUT2D eigenvalue weighted by molar-refractivity contribution is 5.62. The molecule has 2 N–H and O–H groups in total. The topological polar surface area (TPSA) is 65.6 Å². The molecule has 0 aliphatic carbocycles. The van der Waals surface area contributed by atoms with E-state index >= 15 is 0 Å². The van der Waals surface area contributed by atoms with Crippen molar-refractivity contribution in [3.05, 3.63) is 36.2 Å². The van der Waals surface area contributed by atoms with Gasteiger partial charge in [-0.3, -0.25) is 4.90 Å². The lowest BCUT2D eigenvalue weighted by molar-refractivity contribution is 0.0398. The van der Waals surface area contributed by atoms with Gasteiger partial charge in [0.1, 0.15) is 17.5 Å². The zero-order valence-electron chi connectivity index (χ0n) is 16.7. The van der Waals surface area contributed by atoms with E-state index in [4.69, 9.17) is 4.74 Å². The summed E-state index contributed by atoms with van der Waals surface area (Å²) in [6.07, 6.45) is 2.59. The van der Waals surface area contributed by atoms with Crippen LogP contribution in [0.4, 0.5) is 23.0 Å². The van der Waals surface area contributed by atoms with Gasteiger partial charge in [0, 0.05) is 56.7 Å². The molecule has 2 aliphatic rings. The third-order valence-electron chi connectivity index (χ3n) is 5.29. The fourth-order valence-electron chi connectivity index (χ4n) is 3.77. The molecule has 0 bridgehead atoms. The number of benzene rings is 1. The Labute approximate surface area is 167 Å². The summed E-state index contributed by atoms with van der Waals surface area (Å²) in [6.45, 7) is 9.78. The Balaban J connectivity index is 1.33. The fraction of sp³-hybridized carbons (Fsp3) is 0.524. The molecule has 1 aromatic carbocycles. The maximum atomic E-state index is 5.39. The smallest absolute Gasteiger partial charge is 0.136 e. The van der Waals surface area contributed by atoms with Gasteiger partial charge in [0.15, 0.2) is 0 Å². The molecular weight excluding hydrogens is 352 g/mol. The summed E-state index contributed by atoms with van der Waals surface area (Å²) in [7, 11) is 0. The molecule has 0 unspecified atom stereocenters. The first-order valence-corrected chi connectivity index (χ1v) is 10.3. The summed E-state index contributed by atoms with van der Waals surface area (Å²) < 4.78 is 5.39. The number of rotatable bonds is 7. The molecule has 0 atom stereocenters. The third-order valence-corrected chi connectivity index (χ3v) is 5.29. The molecule has 7 nitrogen and oxygen atoms in total. The zero-order valence-corrected chi connectivity index (χ0v) is 16.7. The van der Waals surface area contributed by atoms with E-state index in [1.807, 2.05) is 13.0 Å². The third kappa shape index (κ3) is 5.11. The van der Waals surface area contributed by atoms with Crippen LogP contribution in [0.25, 0.3) is 0 Å². The van der Waals surface area contributed by atoms with Crippen LogP contribution in [0.1, 0.15) is 18.7 Å². The van der Waals surface area contributed by atoms with E-state index in [1.165, 1.54) is 18.5 Å². The number of hydrogen-bond donors (Lipinski definition) is 2. The van der Waals surface area contributed by atoms with E-state index in [0.717, 1.165) is 75.6 Å². The molecule has 2 fully saturated rings. The Morgan fingerprint density at radius 1 is 0.964 bits per heavy atom. The van der Waals surface area contributed by atoms with Crippen molar-refractivity contribution >= 4 is 23.0 Å². The van der Waals surface area contributed by atoms with Crippen molar-refractivity contribution in [2.75, 3.05) is 68.0 Å². The standard InChI is InChI=1S/C21H30N6O/c1-17-23-20(22-8-11-26-12-14-28-15-13-26)16-21(24-17)25-18-4-6-19(7-5-18)27-9-2-3-10-27/h4-7,16H,2-3,8-15H2,1H3,(H2,22,23,24,25). The molecule has 2 aromatic rings. The Morgan fingerprint density at radius 2 is 1.68 bits per heavy atom. The maximum absolute atomic E-state index is 5.39. The summed E-state index contributed by atoms with van der Waals surface area (Å²) in [5.41, 5.74) is 2.34. The summed E-state index contributed by atoms with van der Waals surface area (Å²) in [5.74, 6) is 2.43. The van der Waals surface area contributed by atoms with Gasteiger partial charge in [-0.05, 0) is 44.0 Å². The second-order valence-electron chi connectivity index (χ2n) is 7.43. The summed E-state index contributed by atoms with van der Waals surface area (Å²) in [5, 5.41) is 6.83. The molecule has 0 spiro atoms. The van der Waals surface area contributed by atoms with E-state index in [0.29, 0.717) is 0 Å². The van der Waals surface area contributed by atoms with Gasteiger partial charge in [-0.2, -0.15) is 0 Å². The van der Waals surface area contributed by atoms with Crippen molar-refractivity contribution in [2.45, 2.75) is 19.8 Å². The average molecular weight is 383 g/mol. The fourth-order valence-corrected chi connectivity index (χ4v) is 3.77. The maximum Gasteiger partial charge on any atom is 0.136 e. The van der Waals surface area contributed by atoms with Crippen LogP contribution >= 0.6 is 0 Å². The van der Waals surface area contributed by atoms with E-state index in [9.17, 15) is 0 Å². The molecule has 150 valence electrons. The quantitative estimate of drug-likeness (QED) is 0.763. The number of nitrogens with zero attached hydrogens (tertiary/aromatic N) is 4. The predicted octanol–water partition coefficient (Wildman–Crippen LogP) is 2.87. The largest absolute Gasteiger partial charge is 0.379 e. The highest BCUT2D eigenvalue weighted by Gasteiger charge is 2.12. The molecule has 7 heteroatoms. The lowest BCUT2D eigenvalue weighted by Gasteiger charge is -2.26. The van der Waals surface area contributed by atoms with Gasteiger partial charge in [0.25, 0.3) is 0 Å². The normalized spacial score (nSPS) is 17.7. The molecule has 0 amide bonds. The van der Waals surface area contributed by atoms with Gasteiger partial charge in [-0.15, -0.1) is 0 Å². The number of nitrogens with one attached hydrogen (secondary N) is 2. The van der Waals surface area contributed by atoms with Crippen LogP contribution in [0, 0.1) is 6.92 Å². The Kier molecular flexibility index (Phi) is 6.24. The molecule has 2 saturated heterocycles. The first kappa shape index (κ1) is 19.0. The van der Waals surface area contributed by atoms with Crippen LogP contribution in [0.5, 0.6) is 0 Å². The molecule has 28 heavy (non-hydrogen) atoms.